The van der Waals surface area contributed by atoms with Crippen molar-refractivity contribution in [2.75, 3.05) is 33.9 Å². The van der Waals surface area contributed by atoms with Gasteiger partial charge in [0, 0.05) is 17.3 Å². The van der Waals surface area contributed by atoms with Crippen molar-refractivity contribution in [3.8, 4) is 29.1 Å². The number of nitriles is 1. The largest absolute Gasteiger partial charge is 0.491 e. The van der Waals surface area contributed by atoms with Gasteiger partial charge in [-0.05, 0) is 62.4 Å². The van der Waals surface area contributed by atoms with Crippen LogP contribution in [-0.2, 0) is 0 Å². The molecule has 0 bridgehead atoms. The molecule has 1 aromatic carbocycles. The molecule has 5 rings (SSSR count). The summed E-state index contributed by atoms with van der Waals surface area (Å²) in [6.45, 7) is 11.2. The SMILES string of the molecule is COc1ncc2c(C#N)c(C(C)C)[nH]c2c1-c1nc2c(OCC(C)C)c(C3CCN(C)CC3)ccc2[nH]1. The van der Waals surface area contributed by atoms with Crippen LogP contribution in [0.2, 0.25) is 0 Å². The van der Waals surface area contributed by atoms with Crippen molar-refractivity contribution >= 4 is 21.9 Å². The molecule has 37 heavy (non-hydrogen) atoms. The summed E-state index contributed by atoms with van der Waals surface area (Å²) in [4.78, 5) is 19.0. The molecule has 0 saturated carbocycles. The van der Waals surface area contributed by atoms with Crippen molar-refractivity contribution in [3.05, 3.63) is 35.2 Å². The molecule has 0 amide bonds. The molecule has 3 aromatic heterocycles. The maximum absolute atomic E-state index is 9.90. The lowest BCUT2D eigenvalue weighted by Gasteiger charge is -2.30. The number of ether oxygens (including phenoxy) is 2. The van der Waals surface area contributed by atoms with E-state index in [0.29, 0.717) is 35.7 Å². The highest BCUT2D eigenvalue weighted by Crippen LogP contribution is 2.42. The first-order valence-corrected chi connectivity index (χ1v) is 13.1. The van der Waals surface area contributed by atoms with Gasteiger partial charge in [-0.2, -0.15) is 5.26 Å². The van der Waals surface area contributed by atoms with E-state index in [2.05, 4.69) is 72.8 Å². The number of hydrogen-bond donors (Lipinski definition) is 2. The van der Waals surface area contributed by atoms with Gasteiger partial charge in [-0.15, -0.1) is 0 Å². The number of pyridine rings is 1. The van der Waals surface area contributed by atoms with E-state index in [1.807, 2.05) is 0 Å². The van der Waals surface area contributed by atoms with Crippen molar-refractivity contribution in [1.82, 2.24) is 24.8 Å². The Balaban J connectivity index is 1.70. The van der Waals surface area contributed by atoms with E-state index >= 15 is 0 Å². The Bertz CT molecular complexity index is 1470. The average Bonchev–Trinajstić information content (AvgIpc) is 3.48. The van der Waals surface area contributed by atoms with E-state index in [1.165, 1.54) is 5.56 Å². The van der Waals surface area contributed by atoms with E-state index < -0.39 is 0 Å². The normalized spacial score (nSPS) is 15.2. The second-order valence-corrected chi connectivity index (χ2v) is 10.9. The van der Waals surface area contributed by atoms with Gasteiger partial charge in [-0.3, -0.25) is 0 Å². The fourth-order valence-electron chi connectivity index (χ4n) is 5.31. The molecule has 4 aromatic rings. The van der Waals surface area contributed by atoms with Crippen LogP contribution < -0.4 is 9.47 Å². The third-order valence-electron chi connectivity index (χ3n) is 7.32. The van der Waals surface area contributed by atoms with Crippen molar-refractivity contribution in [2.45, 2.75) is 52.4 Å². The number of hydrogen-bond acceptors (Lipinski definition) is 6. The van der Waals surface area contributed by atoms with E-state index in [9.17, 15) is 5.26 Å². The third-order valence-corrected chi connectivity index (χ3v) is 7.32. The number of nitrogens with zero attached hydrogens (tertiary/aromatic N) is 4. The number of fused-ring (bicyclic) bond motifs is 2. The number of aromatic nitrogens is 4. The Morgan fingerprint density at radius 3 is 2.57 bits per heavy atom. The van der Waals surface area contributed by atoms with Gasteiger partial charge in [0.25, 0.3) is 0 Å². The van der Waals surface area contributed by atoms with Crippen molar-refractivity contribution < 1.29 is 9.47 Å². The first-order valence-electron chi connectivity index (χ1n) is 13.1. The molecule has 194 valence electrons. The fraction of sp³-hybridized carbons (Fsp3) is 0.483. The number of aromatic amines is 2. The highest BCUT2D eigenvalue weighted by molar-refractivity contribution is 6.00. The van der Waals surface area contributed by atoms with Gasteiger partial charge in [-0.25, -0.2) is 9.97 Å². The molecule has 8 heteroatoms. The smallest absolute Gasteiger partial charge is 0.226 e. The summed E-state index contributed by atoms with van der Waals surface area (Å²) in [5, 5.41) is 10.7. The Hall–Kier alpha value is -3.57. The van der Waals surface area contributed by atoms with Gasteiger partial charge in [0.1, 0.15) is 23.0 Å². The summed E-state index contributed by atoms with van der Waals surface area (Å²) in [6, 6.07) is 6.67. The zero-order valence-electron chi connectivity index (χ0n) is 22.6. The van der Waals surface area contributed by atoms with Gasteiger partial charge in [0.2, 0.25) is 5.88 Å². The maximum Gasteiger partial charge on any atom is 0.226 e. The van der Waals surface area contributed by atoms with Crippen LogP contribution in [0, 0.1) is 17.2 Å². The van der Waals surface area contributed by atoms with Crippen LogP contribution >= 0.6 is 0 Å². The topological polar surface area (TPSA) is 103 Å². The molecule has 0 unspecified atom stereocenters. The Morgan fingerprint density at radius 1 is 1.16 bits per heavy atom. The monoisotopic (exact) mass is 500 g/mol. The highest BCUT2D eigenvalue weighted by atomic mass is 16.5. The lowest BCUT2D eigenvalue weighted by Crippen LogP contribution is -2.29. The second-order valence-electron chi connectivity index (χ2n) is 10.9. The van der Waals surface area contributed by atoms with Gasteiger partial charge in [0.15, 0.2) is 5.75 Å². The van der Waals surface area contributed by atoms with Gasteiger partial charge >= 0.3 is 0 Å². The number of H-pyrrole nitrogens is 2. The third kappa shape index (κ3) is 4.53. The van der Waals surface area contributed by atoms with Crippen LogP contribution in [0.4, 0.5) is 0 Å². The van der Waals surface area contributed by atoms with Gasteiger partial charge < -0.3 is 24.3 Å². The first-order chi connectivity index (χ1) is 17.8. The fourth-order valence-corrected chi connectivity index (χ4v) is 5.31. The molecular formula is C29H36N6O2. The molecule has 0 atom stereocenters. The van der Waals surface area contributed by atoms with E-state index in [4.69, 9.17) is 14.5 Å². The Morgan fingerprint density at radius 2 is 1.92 bits per heavy atom. The molecule has 8 nitrogen and oxygen atoms in total. The summed E-state index contributed by atoms with van der Waals surface area (Å²) in [7, 11) is 3.79. The lowest BCUT2D eigenvalue weighted by molar-refractivity contribution is 0.243. The predicted octanol–water partition coefficient (Wildman–Crippen LogP) is 5.95. The van der Waals surface area contributed by atoms with Crippen molar-refractivity contribution in [2.24, 2.45) is 5.92 Å². The minimum atomic E-state index is 0.157. The number of nitrogens with one attached hydrogen (secondary N) is 2. The van der Waals surface area contributed by atoms with Gasteiger partial charge in [-0.1, -0.05) is 33.8 Å². The van der Waals surface area contributed by atoms with E-state index in [1.54, 1.807) is 13.3 Å². The van der Waals surface area contributed by atoms with Gasteiger partial charge in [0.05, 0.1) is 30.3 Å². The summed E-state index contributed by atoms with van der Waals surface area (Å²) in [6.07, 6.45) is 3.91. The van der Waals surface area contributed by atoms with Crippen LogP contribution in [0.25, 0.3) is 33.3 Å². The van der Waals surface area contributed by atoms with Crippen LogP contribution in [0.3, 0.4) is 0 Å². The zero-order chi connectivity index (χ0) is 26.3. The first kappa shape index (κ1) is 25.1. The Kier molecular flexibility index (Phi) is 6.82. The van der Waals surface area contributed by atoms with Crippen LogP contribution in [0.5, 0.6) is 11.6 Å². The molecule has 1 aliphatic heterocycles. The predicted molar refractivity (Wildman–Crippen MR) is 146 cm³/mol. The number of benzene rings is 1. The molecule has 1 saturated heterocycles. The molecule has 0 spiro atoms. The summed E-state index contributed by atoms with van der Waals surface area (Å²) in [5.74, 6) is 2.96. The molecule has 4 heterocycles. The number of rotatable bonds is 7. The minimum Gasteiger partial charge on any atom is -0.491 e. The molecule has 0 radical (unpaired) electrons. The molecule has 1 fully saturated rings. The lowest BCUT2D eigenvalue weighted by atomic mass is 9.88. The summed E-state index contributed by atoms with van der Waals surface area (Å²) >= 11 is 0. The molecule has 2 N–H and O–H groups in total. The molecule has 1 aliphatic rings. The van der Waals surface area contributed by atoms with Crippen LogP contribution in [0.1, 0.15) is 69.2 Å². The maximum atomic E-state index is 9.90. The van der Waals surface area contributed by atoms with Crippen LogP contribution in [0.15, 0.2) is 18.3 Å². The average molecular weight is 501 g/mol. The standard InChI is InChI=1S/C29H36N6O2/c1-16(2)15-37-27-19(18-9-11-35(5)12-10-18)7-8-22-26(27)34-28(32-22)23-25-21(14-31-29(23)36-6)20(13-30)24(33-25)17(3)4/h7-8,14,16-18,33H,9-12,15H2,1-6H3,(H,32,34). The van der Waals surface area contributed by atoms with Crippen molar-refractivity contribution in [3.63, 3.8) is 0 Å². The summed E-state index contributed by atoms with van der Waals surface area (Å²) < 4.78 is 12.1. The number of imidazole rings is 1. The minimum absolute atomic E-state index is 0.157. The highest BCUT2D eigenvalue weighted by Gasteiger charge is 2.27. The number of piperidine rings is 1. The van der Waals surface area contributed by atoms with Crippen LogP contribution in [-0.4, -0.2) is 58.7 Å². The number of likely N-dealkylation sites (tertiary alicyclic amines) is 1. The molecule has 0 aliphatic carbocycles. The molecular weight excluding hydrogens is 464 g/mol. The number of methoxy groups -OCH3 is 1. The second kappa shape index (κ2) is 10.1. The van der Waals surface area contributed by atoms with Crippen molar-refractivity contribution in [1.29, 1.82) is 5.26 Å². The van der Waals surface area contributed by atoms with E-state index in [0.717, 1.165) is 64.9 Å². The summed E-state index contributed by atoms with van der Waals surface area (Å²) in [5.41, 5.74) is 5.97. The quantitative estimate of drug-likeness (QED) is 0.325. The van der Waals surface area contributed by atoms with E-state index in [-0.39, 0.29) is 5.92 Å². The Labute approximate surface area is 218 Å². The zero-order valence-corrected chi connectivity index (χ0v) is 22.6.